The lowest BCUT2D eigenvalue weighted by Crippen LogP contribution is -2.46. The summed E-state index contributed by atoms with van der Waals surface area (Å²) in [4.78, 5) is 17.0. The summed E-state index contributed by atoms with van der Waals surface area (Å²) < 4.78 is 1.29. The zero-order valence-corrected chi connectivity index (χ0v) is 16.5. The van der Waals surface area contributed by atoms with E-state index in [1.54, 1.807) is 0 Å². The average molecular weight is 441 g/mol. The summed E-state index contributed by atoms with van der Waals surface area (Å²) in [5.41, 5.74) is 1.36. The summed E-state index contributed by atoms with van der Waals surface area (Å²) in [6, 6.07) is 9.25. The van der Waals surface area contributed by atoms with Gasteiger partial charge in [0.15, 0.2) is 0 Å². The van der Waals surface area contributed by atoms with Gasteiger partial charge in [-0.1, -0.05) is 31.4 Å². The molecule has 132 valence electrons. The Morgan fingerprint density at radius 3 is 2.71 bits per heavy atom. The first kappa shape index (κ1) is 18.0. The van der Waals surface area contributed by atoms with E-state index in [0.717, 1.165) is 52.0 Å². The summed E-state index contributed by atoms with van der Waals surface area (Å²) in [5.74, 6) is 0. The number of nitrogens with zero attached hydrogens (tertiary/aromatic N) is 2. The first-order valence-electron chi connectivity index (χ1n) is 9.23. The highest BCUT2D eigenvalue weighted by atomic mass is 127. The van der Waals surface area contributed by atoms with Gasteiger partial charge < -0.3 is 10.2 Å². The fourth-order valence-corrected chi connectivity index (χ4v) is 4.35. The van der Waals surface area contributed by atoms with Crippen molar-refractivity contribution in [3.8, 4) is 0 Å². The molecular formula is C19H28IN3O. The van der Waals surface area contributed by atoms with Crippen LogP contribution in [0.4, 0.5) is 4.79 Å². The Kier molecular flexibility index (Phi) is 6.77. The van der Waals surface area contributed by atoms with Crippen molar-refractivity contribution in [2.24, 2.45) is 0 Å². The van der Waals surface area contributed by atoms with Gasteiger partial charge >= 0.3 is 6.03 Å². The molecular weight excluding hydrogens is 413 g/mol. The number of hydrogen-bond donors (Lipinski definition) is 1. The number of urea groups is 1. The molecule has 0 aromatic heterocycles. The van der Waals surface area contributed by atoms with Gasteiger partial charge in [-0.25, -0.2) is 4.79 Å². The molecule has 0 unspecified atom stereocenters. The number of carbonyl (C=O) groups excluding carboxylic acids is 1. The standard InChI is InChI=1S/C19H28IN3O/c20-17-7-4-6-16(14-17)15-22-10-5-11-23(13-12-22)19(24)21-18-8-2-1-3-9-18/h4,6-7,14,18H,1-3,5,8-13,15H2,(H,21,24). The minimum Gasteiger partial charge on any atom is -0.335 e. The molecule has 1 heterocycles. The Morgan fingerprint density at radius 1 is 1.08 bits per heavy atom. The van der Waals surface area contributed by atoms with Crippen LogP contribution in [0.5, 0.6) is 0 Å². The van der Waals surface area contributed by atoms with Gasteiger partial charge in [0.25, 0.3) is 0 Å². The summed E-state index contributed by atoms with van der Waals surface area (Å²) in [7, 11) is 0. The molecule has 5 heteroatoms. The third kappa shape index (κ3) is 5.34. The molecule has 0 radical (unpaired) electrons. The first-order chi connectivity index (χ1) is 11.7. The molecule has 4 nitrogen and oxygen atoms in total. The molecule has 3 rings (SSSR count). The van der Waals surface area contributed by atoms with Crippen molar-refractivity contribution < 1.29 is 4.79 Å². The van der Waals surface area contributed by atoms with Gasteiger partial charge in [0.1, 0.15) is 0 Å². The topological polar surface area (TPSA) is 35.6 Å². The lowest BCUT2D eigenvalue weighted by Gasteiger charge is -2.27. The van der Waals surface area contributed by atoms with Crippen LogP contribution in [-0.2, 0) is 6.54 Å². The van der Waals surface area contributed by atoms with Crippen LogP contribution in [0.2, 0.25) is 0 Å². The normalized spacial score (nSPS) is 20.6. The molecule has 1 N–H and O–H groups in total. The number of halogens is 1. The predicted molar refractivity (Wildman–Crippen MR) is 106 cm³/mol. The second-order valence-corrected chi connectivity index (χ2v) is 8.28. The lowest BCUT2D eigenvalue weighted by atomic mass is 9.96. The van der Waals surface area contributed by atoms with Crippen molar-refractivity contribution in [1.82, 2.24) is 15.1 Å². The Labute approximate surface area is 159 Å². The average Bonchev–Trinajstić information content (AvgIpc) is 2.81. The molecule has 0 spiro atoms. The molecule has 1 saturated carbocycles. The van der Waals surface area contributed by atoms with Crippen LogP contribution in [0.15, 0.2) is 24.3 Å². The highest BCUT2D eigenvalue weighted by molar-refractivity contribution is 14.1. The molecule has 1 aliphatic heterocycles. The number of benzene rings is 1. The van der Waals surface area contributed by atoms with E-state index in [9.17, 15) is 4.79 Å². The van der Waals surface area contributed by atoms with E-state index in [1.165, 1.54) is 28.4 Å². The maximum Gasteiger partial charge on any atom is 0.317 e. The minimum atomic E-state index is 0.151. The van der Waals surface area contributed by atoms with Crippen LogP contribution in [0.1, 0.15) is 44.1 Å². The summed E-state index contributed by atoms with van der Waals surface area (Å²) >= 11 is 2.37. The fraction of sp³-hybridized carbons (Fsp3) is 0.632. The molecule has 24 heavy (non-hydrogen) atoms. The van der Waals surface area contributed by atoms with E-state index in [4.69, 9.17) is 0 Å². The maximum absolute atomic E-state index is 12.5. The molecule has 2 aliphatic rings. The fourth-order valence-electron chi connectivity index (χ4n) is 3.74. The van der Waals surface area contributed by atoms with Gasteiger partial charge in [-0.3, -0.25) is 4.90 Å². The summed E-state index contributed by atoms with van der Waals surface area (Å²) in [5, 5.41) is 3.26. The van der Waals surface area contributed by atoms with Gasteiger partial charge in [-0.2, -0.15) is 0 Å². The molecule has 1 aliphatic carbocycles. The van der Waals surface area contributed by atoms with Crippen LogP contribution in [0.3, 0.4) is 0 Å². The first-order valence-corrected chi connectivity index (χ1v) is 10.3. The highest BCUT2D eigenvalue weighted by Crippen LogP contribution is 2.18. The SMILES string of the molecule is O=C(NC1CCCCC1)N1CCCN(Cc2cccc(I)c2)CC1. The number of carbonyl (C=O) groups is 1. The maximum atomic E-state index is 12.5. The third-order valence-corrected chi connectivity index (χ3v) is 5.77. The smallest absolute Gasteiger partial charge is 0.317 e. The minimum absolute atomic E-state index is 0.151. The number of rotatable bonds is 3. The van der Waals surface area contributed by atoms with E-state index in [0.29, 0.717) is 6.04 Å². The number of nitrogens with one attached hydrogen (secondary N) is 1. The van der Waals surface area contributed by atoms with Gasteiger partial charge in [-0.15, -0.1) is 0 Å². The van der Waals surface area contributed by atoms with Crippen LogP contribution in [0, 0.1) is 3.57 Å². The van der Waals surface area contributed by atoms with Gasteiger partial charge in [-0.05, 0) is 59.5 Å². The molecule has 1 saturated heterocycles. The summed E-state index contributed by atoms with van der Waals surface area (Å²) in [6.45, 7) is 4.72. The molecule has 0 atom stereocenters. The molecule has 2 amide bonds. The van der Waals surface area contributed by atoms with E-state index in [2.05, 4.69) is 57.1 Å². The Hall–Kier alpha value is -0.820. The number of hydrogen-bond acceptors (Lipinski definition) is 2. The van der Waals surface area contributed by atoms with Crippen molar-refractivity contribution in [3.63, 3.8) is 0 Å². The Morgan fingerprint density at radius 2 is 1.92 bits per heavy atom. The molecule has 1 aromatic carbocycles. The van der Waals surface area contributed by atoms with Crippen molar-refractivity contribution in [2.75, 3.05) is 26.2 Å². The Balaban J connectivity index is 1.48. The second kappa shape index (κ2) is 9.04. The zero-order valence-electron chi connectivity index (χ0n) is 14.3. The second-order valence-electron chi connectivity index (χ2n) is 7.03. The predicted octanol–water partition coefficient (Wildman–Crippen LogP) is 3.84. The van der Waals surface area contributed by atoms with Gasteiger partial charge in [0.2, 0.25) is 0 Å². The van der Waals surface area contributed by atoms with Crippen molar-refractivity contribution in [1.29, 1.82) is 0 Å². The van der Waals surface area contributed by atoms with Gasteiger partial charge in [0, 0.05) is 42.3 Å². The highest BCUT2D eigenvalue weighted by Gasteiger charge is 2.22. The quantitative estimate of drug-likeness (QED) is 0.724. The largest absolute Gasteiger partial charge is 0.335 e. The van der Waals surface area contributed by atoms with Crippen molar-refractivity contribution in [3.05, 3.63) is 33.4 Å². The number of amides is 2. The van der Waals surface area contributed by atoms with Crippen LogP contribution < -0.4 is 5.32 Å². The van der Waals surface area contributed by atoms with Gasteiger partial charge in [0.05, 0.1) is 0 Å². The van der Waals surface area contributed by atoms with E-state index in [1.807, 2.05) is 4.90 Å². The Bertz CT molecular complexity index is 545. The van der Waals surface area contributed by atoms with E-state index in [-0.39, 0.29) is 6.03 Å². The van der Waals surface area contributed by atoms with Crippen LogP contribution in [0.25, 0.3) is 0 Å². The third-order valence-electron chi connectivity index (χ3n) is 5.10. The van der Waals surface area contributed by atoms with E-state index < -0.39 is 0 Å². The molecule has 2 fully saturated rings. The van der Waals surface area contributed by atoms with Crippen molar-refractivity contribution in [2.45, 2.75) is 51.1 Å². The van der Waals surface area contributed by atoms with E-state index >= 15 is 0 Å². The molecule has 1 aromatic rings. The van der Waals surface area contributed by atoms with Crippen LogP contribution in [-0.4, -0.2) is 48.1 Å². The van der Waals surface area contributed by atoms with Crippen molar-refractivity contribution >= 4 is 28.6 Å². The zero-order chi connectivity index (χ0) is 16.8. The molecule has 0 bridgehead atoms. The lowest BCUT2D eigenvalue weighted by molar-refractivity contribution is 0.190. The monoisotopic (exact) mass is 441 g/mol. The van der Waals surface area contributed by atoms with Crippen LogP contribution >= 0.6 is 22.6 Å². The summed E-state index contributed by atoms with van der Waals surface area (Å²) in [6.07, 6.45) is 7.20.